The summed E-state index contributed by atoms with van der Waals surface area (Å²) in [6, 6.07) is 8.82. The Morgan fingerprint density at radius 1 is 1.23 bits per heavy atom. The van der Waals surface area contributed by atoms with E-state index in [0.29, 0.717) is 5.92 Å². The number of nitrogens with two attached hydrogens (primary N) is 1. The average Bonchev–Trinajstić information content (AvgIpc) is 2.03. The van der Waals surface area contributed by atoms with E-state index < -0.39 is 0 Å². The zero-order chi connectivity index (χ0) is 9.84. The van der Waals surface area contributed by atoms with Crippen LogP contribution < -0.4 is 5.73 Å². The van der Waals surface area contributed by atoms with Gasteiger partial charge in [0, 0.05) is 6.04 Å². The highest BCUT2D eigenvalue weighted by Gasteiger charge is 2.09. The lowest BCUT2D eigenvalue weighted by atomic mass is 9.91. The fourth-order valence-electron chi connectivity index (χ4n) is 1.82. The number of hydrogen-bond donors (Lipinski definition) is 1. The zero-order valence-corrected chi connectivity index (χ0v) is 8.75. The second-order valence-electron chi connectivity index (χ2n) is 3.97. The van der Waals surface area contributed by atoms with Crippen molar-refractivity contribution in [2.45, 2.75) is 39.2 Å². The standard InChI is InChI=1S/C12H19N/c1-9-6-4-5-7-12(9)10(2)8-11(3)13/h4-7,10-11H,8,13H2,1-3H3. The fourth-order valence-corrected chi connectivity index (χ4v) is 1.82. The Morgan fingerprint density at radius 3 is 2.38 bits per heavy atom. The minimum atomic E-state index is 0.287. The van der Waals surface area contributed by atoms with Crippen LogP contribution in [0, 0.1) is 6.92 Å². The van der Waals surface area contributed by atoms with Crippen LogP contribution in [0.1, 0.15) is 37.3 Å². The highest BCUT2D eigenvalue weighted by molar-refractivity contribution is 5.28. The lowest BCUT2D eigenvalue weighted by Crippen LogP contribution is -2.17. The molecule has 0 aliphatic carbocycles. The Balaban J connectivity index is 2.76. The Kier molecular flexibility index (Phi) is 3.49. The first-order chi connectivity index (χ1) is 6.11. The van der Waals surface area contributed by atoms with Crippen molar-refractivity contribution in [1.82, 2.24) is 0 Å². The molecule has 0 aliphatic heterocycles. The maximum absolute atomic E-state index is 5.78. The van der Waals surface area contributed by atoms with Crippen LogP contribution in [0.4, 0.5) is 0 Å². The molecule has 0 radical (unpaired) electrons. The summed E-state index contributed by atoms with van der Waals surface area (Å²) in [5, 5.41) is 0. The molecule has 0 bridgehead atoms. The Bertz CT molecular complexity index is 266. The van der Waals surface area contributed by atoms with Gasteiger partial charge < -0.3 is 5.73 Å². The molecular weight excluding hydrogens is 158 g/mol. The van der Waals surface area contributed by atoms with Crippen LogP contribution in [0.15, 0.2) is 24.3 Å². The topological polar surface area (TPSA) is 26.0 Å². The largest absolute Gasteiger partial charge is 0.328 e. The third-order valence-corrected chi connectivity index (χ3v) is 2.44. The third kappa shape index (κ3) is 2.85. The van der Waals surface area contributed by atoms with Gasteiger partial charge in [0.15, 0.2) is 0 Å². The van der Waals surface area contributed by atoms with Gasteiger partial charge in [0.2, 0.25) is 0 Å². The number of benzene rings is 1. The van der Waals surface area contributed by atoms with Crippen LogP contribution in [-0.2, 0) is 0 Å². The van der Waals surface area contributed by atoms with Crippen molar-refractivity contribution in [2.75, 3.05) is 0 Å². The maximum atomic E-state index is 5.78. The van der Waals surface area contributed by atoms with E-state index >= 15 is 0 Å². The molecule has 0 heterocycles. The van der Waals surface area contributed by atoms with E-state index in [0.717, 1.165) is 6.42 Å². The number of aryl methyl sites for hydroxylation is 1. The van der Waals surface area contributed by atoms with Crippen LogP contribution in [0.3, 0.4) is 0 Å². The van der Waals surface area contributed by atoms with E-state index in [-0.39, 0.29) is 6.04 Å². The first-order valence-electron chi connectivity index (χ1n) is 4.92. The van der Waals surface area contributed by atoms with E-state index in [1.807, 2.05) is 0 Å². The summed E-state index contributed by atoms with van der Waals surface area (Å²) in [6.45, 7) is 6.47. The van der Waals surface area contributed by atoms with Gasteiger partial charge in [0.25, 0.3) is 0 Å². The van der Waals surface area contributed by atoms with Crippen LogP contribution in [0.5, 0.6) is 0 Å². The fraction of sp³-hybridized carbons (Fsp3) is 0.500. The van der Waals surface area contributed by atoms with Crippen molar-refractivity contribution >= 4 is 0 Å². The zero-order valence-electron chi connectivity index (χ0n) is 8.75. The number of hydrogen-bond acceptors (Lipinski definition) is 1. The number of rotatable bonds is 3. The maximum Gasteiger partial charge on any atom is 0.00162 e. The van der Waals surface area contributed by atoms with E-state index in [9.17, 15) is 0 Å². The second kappa shape index (κ2) is 4.43. The lowest BCUT2D eigenvalue weighted by molar-refractivity contribution is 0.584. The molecule has 13 heavy (non-hydrogen) atoms. The summed E-state index contributed by atoms with van der Waals surface area (Å²) < 4.78 is 0. The Labute approximate surface area is 81.0 Å². The first-order valence-corrected chi connectivity index (χ1v) is 4.92. The Hall–Kier alpha value is -0.820. The highest BCUT2D eigenvalue weighted by atomic mass is 14.6. The van der Waals surface area contributed by atoms with E-state index in [4.69, 9.17) is 5.73 Å². The third-order valence-electron chi connectivity index (χ3n) is 2.44. The molecule has 2 unspecified atom stereocenters. The van der Waals surface area contributed by atoms with Crippen LogP contribution >= 0.6 is 0 Å². The molecule has 72 valence electrons. The highest BCUT2D eigenvalue weighted by Crippen LogP contribution is 2.22. The molecule has 2 atom stereocenters. The molecule has 1 nitrogen and oxygen atoms in total. The SMILES string of the molecule is Cc1ccccc1C(C)CC(C)N. The molecule has 0 aromatic heterocycles. The van der Waals surface area contributed by atoms with Crippen molar-refractivity contribution in [2.24, 2.45) is 5.73 Å². The summed E-state index contributed by atoms with van der Waals surface area (Å²) in [5.41, 5.74) is 8.58. The molecule has 0 saturated carbocycles. The van der Waals surface area contributed by atoms with Gasteiger partial charge in [-0.15, -0.1) is 0 Å². The molecular formula is C12H19N. The van der Waals surface area contributed by atoms with Crippen molar-refractivity contribution in [3.05, 3.63) is 35.4 Å². The van der Waals surface area contributed by atoms with Crippen molar-refractivity contribution in [3.63, 3.8) is 0 Å². The van der Waals surface area contributed by atoms with Gasteiger partial charge in [-0.3, -0.25) is 0 Å². The van der Waals surface area contributed by atoms with Crippen LogP contribution in [0.2, 0.25) is 0 Å². The summed E-state index contributed by atoms with van der Waals surface area (Å²) in [4.78, 5) is 0. The minimum absolute atomic E-state index is 0.287. The quantitative estimate of drug-likeness (QED) is 0.755. The molecule has 1 aromatic carbocycles. The molecule has 0 aliphatic rings. The Morgan fingerprint density at radius 2 is 1.85 bits per heavy atom. The lowest BCUT2D eigenvalue weighted by Gasteiger charge is -2.16. The minimum Gasteiger partial charge on any atom is -0.328 e. The van der Waals surface area contributed by atoms with Crippen LogP contribution in [0.25, 0.3) is 0 Å². The van der Waals surface area contributed by atoms with Crippen molar-refractivity contribution in [3.8, 4) is 0 Å². The van der Waals surface area contributed by atoms with Gasteiger partial charge in [0.1, 0.15) is 0 Å². The predicted octanol–water partition coefficient (Wildman–Crippen LogP) is 2.84. The first kappa shape index (κ1) is 10.3. The molecule has 0 spiro atoms. The molecule has 0 fully saturated rings. The molecule has 2 N–H and O–H groups in total. The summed E-state index contributed by atoms with van der Waals surface area (Å²) >= 11 is 0. The van der Waals surface area contributed by atoms with E-state index in [1.54, 1.807) is 0 Å². The van der Waals surface area contributed by atoms with Gasteiger partial charge in [-0.05, 0) is 37.3 Å². The molecule has 0 saturated heterocycles. The van der Waals surface area contributed by atoms with E-state index in [1.165, 1.54) is 11.1 Å². The normalized spacial score (nSPS) is 15.4. The van der Waals surface area contributed by atoms with Crippen molar-refractivity contribution < 1.29 is 0 Å². The monoisotopic (exact) mass is 177 g/mol. The summed E-state index contributed by atoms with van der Waals surface area (Å²) in [7, 11) is 0. The van der Waals surface area contributed by atoms with Gasteiger partial charge in [0.05, 0.1) is 0 Å². The molecule has 1 heteroatoms. The second-order valence-corrected chi connectivity index (χ2v) is 3.97. The average molecular weight is 177 g/mol. The van der Waals surface area contributed by atoms with Gasteiger partial charge in [-0.1, -0.05) is 31.2 Å². The predicted molar refractivity (Wildman–Crippen MR) is 57.9 cm³/mol. The van der Waals surface area contributed by atoms with Gasteiger partial charge >= 0.3 is 0 Å². The summed E-state index contributed by atoms with van der Waals surface area (Å²) in [6.07, 6.45) is 1.06. The molecule has 1 aromatic rings. The van der Waals surface area contributed by atoms with Gasteiger partial charge in [-0.25, -0.2) is 0 Å². The smallest absolute Gasteiger partial charge is 0.00162 e. The molecule has 1 rings (SSSR count). The van der Waals surface area contributed by atoms with Gasteiger partial charge in [-0.2, -0.15) is 0 Å². The molecule has 0 amide bonds. The van der Waals surface area contributed by atoms with Crippen LogP contribution in [-0.4, -0.2) is 6.04 Å². The van der Waals surface area contributed by atoms with E-state index in [2.05, 4.69) is 45.0 Å². The van der Waals surface area contributed by atoms with Crippen molar-refractivity contribution in [1.29, 1.82) is 0 Å². The summed E-state index contributed by atoms with van der Waals surface area (Å²) in [5.74, 6) is 0.571.